The maximum atomic E-state index is 2.50. The van der Waals surface area contributed by atoms with Gasteiger partial charge in [0.1, 0.15) is 0 Å². The molecule has 10 aromatic rings. The van der Waals surface area contributed by atoms with Crippen LogP contribution in [0.2, 0.25) is 0 Å². The molecule has 2 heteroatoms. The summed E-state index contributed by atoms with van der Waals surface area (Å²) in [6.07, 6.45) is 0. The maximum absolute atomic E-state index is 2.50. The minimum absolute atomic E-state index is 0.0941. The number of nitrogens with zero attached hydrogens (tertiary/aromatic N) is 2. The third-order valence-corrected chi connectivity index (χ3v) is 12.0. The van der Waals surface area contributed by atoms with Crippen molar-refractivity contribution in [3.05, 3.63) is 205 Å². The summed E-state index contributed by atoms with van der Waals surface area (Å²) in [4.78, 5) is 2.50. The molecule has 1 aliphatic rings. The van der Waals surface area contributed by atoms with Crippen LogP contribution in [0.1, 0.15) is 25.0 Å². The highest BCUT2D eigenvalue weighted by molar-refractivity contribution is 6.15. The lowest BCUT2D eigenvalue weighted by Crippen LogP contribution is -2.15. The first-order valence-corrected chi connectivity index (χ1v) is 19.2. The standard InChI is InChI=1S/C53H38N2/c1-53(2)46-25-11-8-22-45(46)52-44(24-14-26-47(52)53)41-21-10-13-28-49(41)55(50-29-15-23-39-38-19-7-6-16-35(38)30-32-42(39)50)37-31-33-43-40-20-9-12-27-48(40)54(51(43)34-37)36-17-4-3-5-18-36/h3-34H,1-2H3. The van der Waals surface area contributed by atoms with Crippen LogP contribution in [0.4, 0.5) is 17.1 Å². The minimum atomic E-state index is -0.0941. The number of aromatic nitrogens is 1. The van der Waals surface area contributed by atoms with Crippen molar-refractivity contribution >= 4 is 60.4 Å². The van der Waals surface area contributed by atoms with E-state index in [1.54, 1.807) is 0 Å². The largest absolute Gasteiger partial charge is 0.309 e. The molecule has 260 valence electrons. The third-order valence-electron chi connectivity index (χ3n) is 12.0. The molecule has 0 bridgehead atoms. The van der Waals surface area contributed by atoms with Crippen molar-refractivity contribution in [1.29, 1.82) is 0 Å². The van der Waals surface area contributed by atoms with Gasteiger partial charge in [0, 0.05) is 38.5 Å². The number of para-hydroxylation sites is 3. The van der Waals surface area contributed by atoms with Crippen LogP contribution >= 0.6 is 0 Å². The van der Waals surface area contributed by atoms with Crippen LogP contribution in [-0.2, 0) is 5.41 Å². The molecule has 0 saturated carbocycles. The summed E-state index contributed by atoms with van der Waals surface area (Å²) < 4.78 is 2.41. The van der Waals surface area contributed by atoms with Gasteiger partial charge in [-0.15, -0.1) is 0 Å². The molecule has 1 aromatic heterocycles. The smallest absolute Gasteiger partial charge is 0.0561 e. The van der Waals surface area contributed by atoms with E-state index in [0.717, 1.165) is 22.7 Å². The molecule has 0 saturated heterocycles. The lowest BCUT2D eigenvalue weighted by molar-refractivity contribution is 0.660. The third kappa shape index (κ3) is 4.68. The Kier molecular flexibility index (Phi) is 6.93. The predicted octanol–water partition coefficient (Wildman–Crippen LogP) is 14.5. The zero-order chi connectivity index (χ0) is 36.7. The molecule has 1 heterocycles. The summed E-state index contributed by atoms with van der Waals surface area (Å²) >= 11 is 0. The van der Waals surface area contributed by atoms with Gasteiger partial charge in [-0.3, -0.25) is 0 Å². The van der Waals surface area contributed by atoms with E-state index >= 15 is 0 Å². The second-order valence-corrected chi connectivity index (χ2v) is 15.3. The highest BCUT2D eigenvalue weighted by Crippen LogP contribution is 2.54. The molecule has 2 nitrogen and oxygen atoms in total. The van der Waals surface area contributed by atoms with Crippen molar-refractivity contribution in [1.82, 2.24) is 4.57 Å². The fourth-order valence-corrected chi connectivity index (χ4v) is 9.46. The fraction of sp³-hybridized carbons (Fsp3) is 0.0566. The quantitative estimate of drug-likeness (QED) is 0.162. The van der Waals surface area contributed by atoms with Crippen molar-refractivity contribution < 1.29 is 0 Å². The Bertz CT molecular complexity index is 3130. The van der Waals surface area contributed by atoms with Gasteiger partial charge in [-0.25, -0.2) is 0 Å². The van der Waals surface area contributed by atoms with Crippen molar-refractivity contribution in [2.75, 3.05) is 4.90 Å². The lowest BCUT2D eigenvalue weighted by atomic mass is 9.82. The van der Waals surface area contributed by atoms with Gasteiger partial charge in [0.25, 0.3) is 0 Å². The lowest BCUT2D eigenvalue weighted by Gasteiger charge is -2.30. The first-order chi connectivity index (χ1) is 27.1. The molecule has 0 atom stereocenters. The molecule has 0 radical (unpaired) electrons. The van der Waals surface area contributed by atoms with Gasteiger partial charge in [-0.05, 0) is 86.4 Å². The monoisotopic (exact) mass is 702 g/mol. The predicted molar refractivity (Wildman–Crippen MR) is 233 cm³/mol. The summed E-state index contributed by atoms with van der Waals surface area (Å²) in [5, 5.41) is 7.44. The Labute approximate surface area is 321 Å². The zero-order valence-corrected chi connectivity index (χ0v) is 30.9. The molecule has 0 aliphatic heterocycles. The molecule has 55 heavy (non-hydrogen) atoms. The average molecular weight is 703 g/mol. The molecule has 0 amide bonds. The van der Waals surface area contributed by atoms with Crippen molar-refractivity contribution in [3.63, 3.8) is 0 Å². The second-order valence-electron chi connectivity index (χ2n) is 15.3. The molecular formula is C53H38N2. The van der Waals surface area contributed by atoms with Gasteiger partial charge in [-0.2, -0.15) is 0 Å². The molecule has 1 aliphatic carbocycles. The van der Waals surface area contributed by atoms with E-state index in [-0.39, 0.29) is 5.41 Å². The Morgan fingerprint density at radius 1 is 0.400 bits per heavy atom. The van der Waals surface area contributed by atoms with Crippen LogP contribution in [0.5, 0.6) is 0 Å². The Morgan fingerprint density at radius 2 is 1.02 bits per heavy atom. The fourth-order valence-electron chi connectivity index (χ4n) is 9.46. The number of rotatable bonds is 5. The molecule has 9 aromatic carbocycles. The summed E-state index contributed by atoms with van der Waals surface area (Å²) in [7, 11) is 0. The van der Waals surface area contributed by atoms with Crippen LogP contribution in [0, 0.1) is 0 Å². The average Bonchev–Trinajstić information content (AvgIpc) is 3.69. The molecule has 0 N–H and O–H groups in total. The summed E-state index contributed by atoms with van der Waals surface area (Å²) in [5.74, 6) is 0. The molecular weight excluding hydrogens is 665 g/mol. The van der Waals surface area contributed by atoms with E-state index < -0.39 is 0 Å². The van der Waals surface area contributed by atoms with Gasteiger partial charge in [-0.1, -0.05) is 166 Å². The van der Waals surface area contributed by atoms with Gasteiger partial charge < -0.3 is 9.47 Å². The van der Waals surface area contributed by atoms with Crippen molar-refractivity contribution in [2.24, 2.45) is 0 Å². The number of hydrogen-bond donors (Lipinski definition) is 0. The topological polar surface area (TPSA) is 8.17 Å². The Balaban J connectivity index is 1.23. The normalized spacial score (nSPS) is 13.1. The van der Waals surface area contributed by atoms with E-state index in [2.05, 4.69) is 217 Å². The maximum Gasteiger partial charge on any atom is 0.0561 e. The SMILES string of the molecule is CC1(C)c2ccccc2-c2c(-c3ccccc3N(c3ccc4c5ccccc5n(-c5ccccc5)c4c3)c3cccc4c3ccc3ccccc34)cccc21. The van der Waals surface area contributed by atoms with E-state index in [1.807, 2.05) is 0 Å². The van der Waals surface area contributed by atoms with E-state index in [4.69, 9.17) is 0 Å². The van der Waals surface area contributed by atoms with Gasteiger partial charge in [0.05, 0.1) is 22.4 Å². The summed E-state index contributed by atoms with van der Waals surface area (Å²) in [5.41, 5.74) is 14.7. The van der Waals surface area contributed by atoms with Crippen LogP contribution < -0.4 is 4.90 Å². The number of fused-ring (bicyclic) bond motifs is 9. The van der Waals surface area contributed by atoms with E-state index in [0.29, 0.717) is 0 Å². The van der Waals surface area contributed by atoms with Crippen LogP contribution in [0.15, 0.2) is 194 Å². The van der Waals surface area contributed by atoms with Crippen LogP contribution in [0.3, 0.4) is 0 Å². The van der Waals surface area contributed by atoms with E-state index in [9.17, 15) is 0 Å². The second kappa shape index (κ2) is 12.1. The molecule has 11 rings (SSSR count). The van der Waals surface area contributed by atoms with Gasteiger partial charge in [0.2, 0.25) is 0 Å². The highest BCUT2D eigenvalue weighted by Gasteiger charge is 2.37. The summed E-state index contributed by atoms with van der Waals surface area (Å²) in [6.45, 7) is 4.72. The number of anilines is 3. The Hall–Kier alpha value is -6.90. The van der Waals surface area contributed by atoms with Gasteiger partial charge >= 0.3 is 0 Å². The van der Waals surface area contributed by atoms with Crippen molar-refractivity contribution in [2.45, 2.75) is 19.3 Å². The first-order valence-electron chi connectivity index (χ1n) is 19.2. The molecule has 0 unspecified atom stereocenters. The molecule has 0 spiro atoms. The van der Waals surface area contributed by atoms with Crippen LogP contribution in [-0.4, -0.2) is 4.57 Å². The summed E-state index contributed by atoms with van der Waals surface area (Å²) in [6, 6.07) is 71.5. The number of benzene rings is 9. The van der Waals surface area contributed by atoms with E-state index in [1.165, 1.54) is 76.7 Å². The van der Waals surface area contributed by atoms with Gasteiger partial charge in [0.15, 0.2) is 0 Å². The Morgan fingerprint density at radius 3 is 1.91 bits per heavy atom. The molecule has 0 fully saturated rings. The number of hydrogen-bond acceptors (Lipinski definition) is 1. The zero-order valence-electron chi connectivity index (χ0n) is 30.9. The minimum Gasteiger partial charge on any atom is -0.309 e. The van der Waals surface area contributed by atoms with Crippen LogP contribution in [0.25, 0.3) is 71.3 Å². The van der Waals surface area contributed by atoms with Crippen molar-refractivity contribution in [3.8, 4) is 27.9 Å². The first kappa shape index (κ1) is 31.6. The highest BCUT2D eigenvalue weighted by atomic mass is 15.1.